The number of benzene rings is 1. The molecule has 2 rings (SSSR count). The number of hydrogen-bond acceptors (Lipinski definition) is 2. The summed E-state index contributed by atoms with van der Waals surface area (Å²) in [6.45, 7) is 4.92. The lowest BCUT2D eigenvalue weighted by Gasteiger charge is -2.19. The SMILES string of the molecule is CC(NCCc1ccc(F)cc1)C1CCOC1. The highest BCUT2D eigenvalue weighted by atomic mass is 19.1. The van der Waals surface area contributed by atoms with Crippen LogP contribution in [0.5, 0.6) is 0 Å². The molecule has 17 heavy (non-hydrogen) atoms. The second-order valence-corrected chi connectivity index (χ2v) is 4.74. The number of ether oxygens (including phenoxy) is 1. The zero-order valence-corrected chi connectivity index (χ0v) is 10.3. The van der Waals surface area contributed by atoms with Crippen molar-refractivity contribution in [3.63, 3.8) is 0 Å². The van der Waals surface area contributed by atoms with Crippen molar-refractivity contribution in [3.05, 3.63) is 35.6 Å². The largest absolute Gasteiger partial charge is 0.381 e. The molecular formula is C14H20FNO. The van der Waals surface area contributed by atoms with E-state index >= 15 is 0 Å². The van der Waals surface area contributed by atoms with E-state index in [0.717, 1.165) is 32.6 Å². The maximum Gasteiger partial charge on any atom is 0.123 e. The van der Waals surface area contributed by atoms with Crippen molar-refractivity contribution >= 4 is 0 Å². The van der Waals surface area contributed by atoms with Crippen LogP contribution in [0.25, 0.3) is 0 Å². The lowest BCUT2D eigenvalue weighted by molar-refractivity contribution is 0.178. The highest BCUT2D eigenvalue weighted by Gasteiger charge is 2.21. The molecule has 1 fully saturated rings. The fraction of sp³-hybridized carbons (Fsp3) is 0.571. The summed E-state index contributed by atoms with van der Waals surface area (Å²) in [5, 5.41) is 3.51. The van der Waals surface area contributed by atoms with Crippen molar-refractivity contribution in [2.24, 2.45) is 5.92 Å². The van der Waals surface area contributed by atoms with Gasteiger partial charge >= 0.3 is 0 Å². The summed E-state index contributed by atoms with van der Waals surface area (Å²) in [4.78, 5) is 0. The van der Waals surface area contributed by atoms with Crippen LogP contribution in [-0.4, -0.2) is 25.8 Å². The zero-order chi connectivity index (χ0) is 12.1. The van der Waals surface area contributed by atoms with Crippen LogP contribution in [0.15, 0.2) is 24.3 Å². The average molecular weight is 237 g/mol. The number of halogens is 1. The first-order chi connectivity index (χ1) is 8.25. The minimum atomic E-state index is -0.168. The summed E-state index contributed by atoms with van der Waals surface area (Å²) < 4.78 is 18.1. The van der Waals surface area contributed by atoms with Gasteiger partial charge in [0, 0.05) is 12.6 Å². The van der Waals surface area contributed by atoms with Crippen molar-refractivity contribution in [1.82, 2.24) is 5.32 Å². The number of rotatable bonds is 5. The van der Waals surface area contributed by atoms with E-state index < -0.39 is 0 Å². The molecule has 2 unspecified atom stereocenters. The highest BCUT2D eigenvalue weighted by molar-refractivity contribution is 5.16. The van der Waals surface area contributed by atoms with Gasteiger partial charge in [0.15, 0.2) is 0 Å². The Balaban J connectivity index is 1.70. The van der Waals surface area contributed by atoms with Crippen LogP contribution >= 0.6 is 0 Å². The molecule has 3 heteroatoms. The van der Waals surface area contributed by atoms with Crippen LogP contribution in [0.4, 0.5) is 4.39 Å². The van der Waals surface area contributed by atoms with Gasteiger partial charge in [-0.05, 0) is 49.9 Å². The van der Waals surface area contributed by atoms with Crippen molar-refractivity contribution in [3.8, 4) is 0 Å². The van der Waals surface area contributed by atoms with Crippen LogP contribution in [0.3, 0.4) is 0 Å². The molecule has 2 atom stereocenters. The van der Waals surface area contributed by atoms with E-state index in [1.807, 2.05) is 12.1 Å². The fourth-order valence-electron chi connectivity index (χ4n) is 2.21. The topological polar surface area (TPSA) is 21.3 Å². The van der Waals surface area contributed by atoms with Gasteiger partial charge in [-0.25, -0.2) is 4.39 Å². The Morgan fingerprint density at radius 3 is 2.82 bits per heavy atom. The zero-order valence-electron chi connectivity index (χ0n) is 10.3. The second kappa shape index (κ2) is 6.12. The Morgan fingerprint density at radius 2 is 2.18 bits per heavy atom. The number of nitrogens with one attached hydrogen (secondary N) is 1. The first kappa shape index (κ1) is 12.5. The predicted molar refractivity (Wildman–Crippen MR) is 66.5 cm³/mol. The van der Waals surface area contributed by atoms with Crippen molar-refractivity contribution in [1.29, 1.82) is 0 Å². The molecule has 1 aromatic carbocycles. The van der Waals surface area contributed by atoms with Crippen LogP contribution in [0.1, 0.15) is 18.9 Å². The third-order valence-electron chi connectivity index (χ3n) is 3.47. The minimum absolute atomic E-state index is 0.168. The first-order valence-corrected chi connectivity index (χ1v) is 6.31. The molecule has 0 aromatic heterocycles. The van der Waals surface area contributed by atoms with Gasteiger partial charge in [-0.1, -0.05) is 12.1 Å². The summed E-state index contributed by atoms with van der Waals surface area (Å²) in [7, 11) is 0. The molecule has 1 aliphatic heterocycles. The molecule has 0 saturated carbocycles. The molecule has 1 aliphatic rings. The lowest BCUT2D eigenvalue weighted by atomic mass is 10.0. The molecule has 2 nitrogen and oxygen atoms in total. The first-order valence-electron chi connectivity index (χ1n) is 6.31. The summed E-state index contributed by atoms with van der Waals surface area (Å²) in [5.74, 6) is 0.474. The fourth-order valence-corrected chi connectivity index (χ4v) is 2.21. The maximum absolute atomic E-state index is 12.7. The Kier molecular flexibility index (Phi) is 4.51. The van der Waals surface area contributed by atoms with E-state index in [4.69, 9.17) is 4.74 Å². The minimum Gasteiger partial charge on any atom is -0.381 e. The maximum atomic E-state index is 12.7. The van der Waals surface area contributed by atoms with Gasteiger partial charge in [0.05, 0.1) is 6.61 Å². The Bertz CT molecular complexity index is 333. The molecule has 1 saturated heterocycles. The molecule has 0 bridgehead atoms. The van der Waals surface area contributed by atoms with Crippen molar-refractivity contribution in [2.75, 3.05) is 19.8 Å². The Morgan fingerprint density at radius 1 is 1.41 bits per heavy atom. The molecular weight excluding hydrogens is 217 g/mol. The molecule has 0 radical (unpaired) electrons. The Labute approximate surface area is 102 Å². The number of hydrogen-bond donors (Lipinski definition) is 1. The standard InChI is InChI=1S/C14H20FNO/c1-11(13-7-9-17-10-13)16-8-6-12-2-4-14(15)5-3-12/h2-5,11,13,16H,6-10H2,1H3. The van der Waals surface area contributed by atoms with Crippen LogP contribution < -0.4 is 5.32 Å². The smallest absolute Gasteiger partial charge is 0.123 e. The van der Waals surface area contributed by atoms with Crippen LogP contribution in [0.2, 0.25) is 0 Å². The van der Waals surface area contributed by atoms with E-state index in [1.54, 1.807) is 0 Å². The van der Waals surface area contributed by atoms with Crippen LogP contribution in [-0.2, 0) is 11.2 Å². The monoisotopic (exact) mass is 237 g/mol. The molecule has 1 aromatic rings. The normalized spacial score (nSPS) is 21.6. The quantitative estimate of drug-likeness (QED) is 0.849. The van der Waals surface area contributed by atoms with E-state index in [1.165, 1.54) is 17.7 Å². The molecule has 0 aliphatic carbocycles. The van der Waals surface area contributed by atoms with Crippen molar-refractivity contribution < 1.29 is 9.13 Å². The van der Waals surface area contributed by atoms with E-state index in [9.17, 15) is 4.39 Å². The van der Waals surface area contributed by atoms with E-state index in [2.05, 4.69) is 12.2 Å². The van der Waals surface area contributed by atoms with Gasteiger partial charge in [0.1, 0.15) is 5.82 Å². The predicted octanol–water partition coefficient (Wildman–Crippen LogP) is 2.38. The van der Waals surface area contributed by atoms with Gasteiger partial charge in [-0.3, -0.25) is 0 Å². The summed E-state index contributed by atoms with van der Waals surface area (Å²) >= 11 is 0. The van der Waals surface area contributed by atoms with Gasteiger partial charge in [-0.15, -0.1) is 0 Å². The van der Waals surface area contributed by atoms with E-state index in [0.29, 0.717) is 12.0 Å². The average Bonchev–Trinajstić information content (AvgIpc) is 2.85. The molecule has 1 heterocycles. The third kappa shape index (κ3) is 3.79. The Hall–Kier alpha value is -0.930. The van der Waals surface area contributed by atoms with Gasteiger partial charge in [0.25, 0.3) is 0 Å². The molecule has 1 N–H and O–H groups in total. The van der Waals surface area contributed by atoms with Crippen molar-refractivity contribution in [2.45, 2.75) is 25.8 Å². The van der Waals surface area contributed by atoms with E-state index in [-0.39, 0.29) is 5.82 Å². The highest BCUT2D eigenvalue weighted by Crippen LogP contribution is 2.16. The lowest BCUT2D eigenvalue weighted by Crippen LogP contribution is -2.35. The summed E-state index contributed by atoms with van der Waals surface area (Å²) in [5.41, 5.74) is 1.17. The molecule has 94 valence electrons. The van der Waals surface area contributed by atoms with Crippen LogP contribution in [0, 0.1) is 11.7 Å². The third-order valence-corrected chi connectivity index (χ3v) is 3.47. The summed E-state index contributed by atoms with van der Waals surface area (Å²) in [6, 6.07) is 7.23. The van der Waals surface area contributed by atoms with Gasteiger partial charge < -0.3 is 10.1 Å². The molecule has 0 spiro atoms. The summed E-state index contributed by atoms with van der Waals surface area (Å²) in [6.07, 6.45) is 2.10. The van der Waals surface area contributed by atoms with Gasteiger partial charge in [-0.2, -0.15) is 0 Å². The van der Waals surface area contributed by atoms with Gasteiger partial charge in [0.2, 0.25) is 0 Å². The molecule has 0 amide bonds. The second-order valence-electron chi connectivity index (χ2n) is 4.74.